The summed E-state index contributed by atoms with van der Waals surface area (Å²) >= 11 is 0. The molecule has 1 amide bonds. The van der Waals surface area contributed by atoms with Crippen LogP contribution in [0.25, 0.3) is 0 Å². The molecule has 0 saturated carbocycles. The van der Waals surface area contributed by atoms with Gasteiger partial charge in [-0.2, -0.15) is 13.2 Å². The van der Waals surface area contributed by atoms with E-state index in [0.29, 0.717) is 11.3 Å². The van der Waals surface area contributed by atoms with Crippen LogP contribution in [0, 0.1) is 5.92 Å². The molecule has 154 valence electrons. The number of carbonyl (C=O) groups is 2. The van der Waals surface area contributed by atoms with Crippen LogP contribution in [0.1, 0.15) is 41.0 Å². The fourth-order valence-electron chi connectivity index (χ4n) is 3.73. The zero-order chi connectivity index (χ0) is 20.8. The summed E-state index contributed by atoms with van der Waals surface area (Å²) in [7, 11) is 0. The summed E-state index contributed by atoms with van der Waals surface area (Å²) in [6.07, 6.45) is -4.52. The van der Waals surface area contributed by atoms with Gasteiger partial charge >= 0.3 is 6.18 Å². The third-order valence-electron chi connectivity index (χ3n) is 5.44. The van der Waals surface area contributed by atoms with Crippen LogP contribution in [0.15, 0.2) is 30.6 Å². The van der Waals surface area contributed by atoms with E-state index in [2.05, 4.69) is 15.8 Å². The van der Waals surface area contributed by atoms with Crippen molar-refractivity contribution < 1.29 is 27.6 Å². The number of aromatic nitrogens is 2. The summed E-state index contributed by atoms with van der Waals surface area (Å²) < 4.78 is 40.9. The van der Waals surface area contributed by atoms with Gasteiger partial charge in [-0.1, -0.05) is 25.1 Å². The molecule has 0 spiro atoms. The molecule has 3 heterocycles. The fraction of sp³-hybridized carbons (Fsp3) is 0.421. The molecule has 2 aromatic rings. The molecule has 0 radical (unpaired) electrons. The van der Waals surface area contributed by atoms with Crippen molar-refractivity contribution in [3.05, 3.63) is 47.5 Å². The number of para-hydroxylation sites is 1. The lowest BCUT2D eigenvalue weighted by Gasteiger charge is -2.26. The fourth-order valence-corrected chi connectivity index (χ4v) is 3.73. The number of halogens is 3. The van der Waals surface area contributed by atoms with Gasteiger partial charge in [0.1, 0.15) is 5.69 Å². The number of aryl methyl sites for hydroxylation is 1. The first-order valence-electron chi connectivity index (χ1n) is 9.22. The van der Waals surface area contributed by atoms with Gasteiger partial charge in [-0.05, 0) is 12.5 Å². The van der Waals surface area contributed by atoms with E-state index in [1.807, 2.05) is 0 Å². The number of nitrogens with zero attached hydrogens (tertiary/aromatic N) is 2. The van der Waals surface area contributed by atoms with Crippen LogP contribution in [0.4, 0.5) is 13.2 Å². The molecule has 7 nitrogen and oxygen atoms in total. The van der Waals surface area contributed by atoms with Crippen molar-refractivity contribution in [1.29, 1.82) is 0 Å². The first-order chi connectivity index (χ1) is 13.8. The van der Waals surface area contributed by atoms with Gasteiger partial charge in [0.2, 0.25) is 0 Å². The Hall–Kier alpha value is -2.88. The van der Waals surface area contributed by atoms with Crippen molar-refractivity contribution in [3.8, 4) is 5.75 Å². The maximum atomic E-state index is 13.1. The topological polar surface area (TPSA) is 85.2 Å². The highest BCUT2D eigenvalue weighted by Crippen LogP contribution is 2.35. The molecule has 0 fully saturated rings. The Labute approximate surface area is 164 Å². The number of imidazole rings is 1. The molecule has 3 atom stereocenters. The smallest absolute Gasteiger partial charge is 0.392 e. The predicted molar refractivity (Wildman–Crippen MR) is 95.0 cm³/mol. The zero-order valence-electron chi connectivity index (χ0n) is 15.5. The predicted octanol–water partition coefficient (Wildman–Crippen LogP) is 2.33. The number of hydroxylamine groups is 1. The summed E-state index contributed by atoms with van der Waals surface area (Å²) in [5.74, 6) is -2.65. The van der Waals surface area contributed by atoms with Gasteiger partial charge in [-0.15, -0.1) is 5.48 Å². The first-order valence-corrected chi connectivity index (χ1v) is 9.22. The highest BCUT2D eigenvalue weighted by molar-refractivity contribution is 5.99. The van der Waals surface area contributed by atoms with Gasteiger partial charge in [0, 0.05) is 24.4 Å². The van der Waals surface area contributed by atoms with Crippen molar-refractivity contribution >= 4 is 11.7 Å². The van der Waals surface area contributed by atoms with E-state index in [-0.39, 0.29) is 36.6 Å². The summed E-state index contributed by atoms with van der Waals surface area (Å²) in [6.45, 7) is 1.83. The van der Waals surface area contributed by atoms with E-state index in [9.17, 15) is 22.8 Å². The number of rotatable bonds is 2. The molecule has 29 heavy (non-hydrogen) atoms. The summed E-state index contributed by atoms with van der Waals surface area (Å²) in [4.78, 5) is 34.9. The molecule has 2 aliphatic heterocycles. The number of hydrogen-bond donors (Lipinski definition) is 2. The Balaban J connectivity index is 1.53. The van der Waals surface area contributed by atoms with Crippen LogP contribution in [0.3, 0.4) is 0 Å². The highest BCUT2D eigenvalue weighted by Gasteiger charge is 2.43. The van der Waals surface area contributed by atoms with Crippen LogP contribution in [0.2, 0.25) is 0 Å². The highest BCUT2D eigenvalue weighted by atomic mass is 19.4. The number of amides is 1. The normalized spacial score (nSPS) is 24.1. The number of fused-ring (bicyclic) bond motifs is 2. The molecule has 10 heteroatoms. The van der Waals surface area contributed by atoms with Crippen LogP contribution in [-0.2, 0) is 17.8 Å². The molecule has 4 rings (SSSR count). The largest absolute Gasteiger partial charge is 0.406 e. The lowest BCUT2D eigenvalue weighted by Crippen LogP contribution is -2.52. The SMILES string of the molecule is CC1C(=O)[C@@H](NC(=O)c2ncn3c2CC(C(F)(F)F)CC3)NOc2ccccc21. The van der Waals surface area contributed by atoms with E-state index in [4.69, 9.17) is 4.84 Å². The van der Waals surface area contributed by atoms with Crippen LogP contribution in [0.5, 0.6) is 5.75 Å². The maximum Gasteiger partial charge on any atom is 0.392 e. The van der Waals surface area contributed by atoms with Gasteiger partial charge in [0.05, 0.1) is 17.9 Å². The van der Waals surface area contributed by atoms with E-state index < -0.39 is 30.1 Å². The third kappa shape index (κ3) is 3.59. The first kappa shape index (κ1) is 19.4. The molecule has 0 bridgehead atoms. The molecule has 0 aliphatic carbocycles. The van der Waals surface area contributed by atoms with Gasteiger partial charge in [0.15, 0.2) is 17.7 Å². The summed E-state index contributed by atoms with van der Waals surface area (Å²) in [6, 6.07) is 6.98. The Bertz CT molecular complexity index is 956. The number of carbonyl (C=O) groups excluding carboxylic acids is 2. The van der Waals surface area contributed by atoms with Gasteiger partial charge < -0.3 is 14.7 Å². The number of Topliss-reactive ketones (excluding diaryl/α,β-unsaturated/α-hetero) is 1. The number of nitrogens with one attached hydrogen (secondary N) is 2. The average Bonchev–Trinajstić information content (AvgIpc) is 3.08. The number of ketones is 1. The van der Waals surface area contributed by atoms with E-state index in [0.717, 1.165) is 0 Å². The maximum absolute atomic E-state index is 13.1. The molecule has 0 saturated heterocycles. The average molecular weight is 408 g/mol. The third-order valence-corrected chi connectivity index (χ3v) is 5.44. The van der Waals surface area contributed by atoms with Crippen molar-refractivity contribution in [2.75, 3.05) is 0 Å². The Morgan fingerprint density at radius 2 is 2.10 bits per heavy atom. The Kier molecular flexibility index (Phi) is 4.81. The quantitative estimate of drug-likeness (QED) is 0.797. The molecular formula is C19H19F3N4O3. The number of alkyl halides is 3. The van der Waals surface area contributed by atoms with Gasteiger partial charge in [-0.3, -0.25) is 9.59 Å². The Morgan fingerprint density at radius 3 is 2.86 bits per heavy atom. The minimum atomic E-state index is -4.34. The molecule has 1 aromatic heterocycles. The minimum absolute atomic E-state index is 0.0554. The molecule has 2 aliphatic rings. The van der Waals surface area contributed by atoms with E-state index >= 15 is 0 Å². The second-order valence-corrected chi connectivity index (χ2v) is 7.25. The zero-order valence-corrected chi connectivity index (χ0v) is 15.5. The monoisotopic (exact) mass is 408 g/mol. The van der Waals surface area contributed by atoms with Gasteiger partial charge in [-0.25, -0.2) is 4.98 Å². The Morgan fingerprint density at radius 1 is 1.34 bits per heavy atom. The van der Waals surface area contributed by atoms with Crippen LogP contribution in [-0.4, -0.2) is 33.6 Å². The van der Waals surface area contributed by atoms with Crippen molar-refractivity contribution in [2.45, 2.75) is 44.6 Å². The molecular weight excluding hydrogens is 389 g/mol. The summed E-state index contributed by atoms with van der Waals surface area (Å²) in [5, 5.41) is 2.50. The van der Waals surface area contributed by atoms with Crippen LogP contribution < -0.4 is 15.6 Å². The molecule has 2 unspecified atom stereocenters. The van der Waals surface area contributed by atoms with Gasteiger partial charge in [0.25, 0.3) is 5.91 Å². The second-order valence-electron chi connectivity index (χ2n) is 7.25. The standard InChI is InChI=1S/C19H19F3N4O3/c1-10-12-4-2-3-5-14(12)29-25-17(16(10)27)24-18(28)15-13-8-11(19(20,21)22)6-7-26(13)9-23-15/h2-5,9-11,17,25H,6-8H2,1H3,(H,24,28)/t10?,11?,17-/m0/s1. The van der Waals surface area contributed by atoms with Crippen molar-refractivity contribution in [2.24, 2.45) is 5.92 Å². The van der Waals surface area contributed by atoms with E-state index in [1.54, 1.807) is 35.8 Å². The van der Waals surface area contributed by atoms with Crippen molar-refractivity contribution in [3.63, 3.8) is 0 Å². The summed E-state index contributed by atoms with van der Waals surface area (Å²) in [5.41, 5.74) is 3.31. The van der Waals surface area contributed by atoms with Crippen LogP contribution >= 0.6 is 0 Å². The lowest BCUT2D eigenvalue weighted by molar-refractivity contribution is -0.179. The number of benzene rings is 1. The lowest BCUT2D eigenvalue weighted by atomic mass is 9.94. The van der Waals surface area contributed by atoms with Crippen molar-refractivity contribution in [1.82, 2.24) is 20.3 Å². The number of hydrogen-bond acceptors (Lipinski definition) is 5. The van der Waals surface area contributed by atoms with E-state index in [1.165, 1.54) is 6.33 Å². The minimum Gasteiger partial charge on any atom is -0.406 e. The molecule has 1 aromatic carbocycles. The second kappa shape index (κ2) is 7.18. The molecule has 2 N–H and O–H groups in total.